The molecule has 5 nitrogen and oxygen atoms in total. The lowest BCUT2D eigenvalue weighted by molar-refractivity contribution is 0.204. The van der Waals surface area contributed by atoms with E-state index in [9.17, 15) is 4.79 Å². The Hall–Kier alpha value is -1.75. The molecule has 0 bridgehead atoms. The van der Waals surface area contributed by atoms with Gasteiger partial charge in [-0.2, -0.15) is 0 Å². The number of urea groups is 1. The molecular formula is C12H19N3O2. The Bertz CT molecular complexity index is 369. The number of primary amides is 1. The fourth-order valence-electron chi connectivity index (χ4n) is 1.54. The molecule has 0 fully saturated rings. The number of benzene rings is 1. The van der Waals surface area contributed by atoms with Crippen LogP contribution in [0.15, 0.2) is 24.3 Å². The highest BCUT2D eigenvalue weighted by molar-refractivity contribution is 5.72. The van der Waals surface area contributed by atoms with Gasteiger partial charge in [-0.25, -0.2) is 4.79 Å². The number of nitrogens with two attached hydrogens (primary N) is 2. The zero-order chi connectivity index (χ0) is 12.7. The van der Waals surface area contributed by atoms with Crippen LogP contribution < -0.4 is 16.2 Å². The minimum atomic E-state index is -0.429. The van der Waals surface area contributed by atoms with Crippen LogP contribution in [-0.4, -0.2) is 31.1 Å². The quantitative estimate of drug-likeness (QED) is 0.772. The number of ether oxygens (including phenoxy) is 1. The van der Waals surface area contributed by atoms with Crippen LogP contribution in [0.2, 0.25) is 0 Å². The molecule has 0 aliphatic carbocycles. The van der Waals surface area contributed by atoms with Crippen LogP contribution >= 0.6 is 0 Å². The second-order valence-electron chi connectivity index (χ2n) is 3.75. The van der Waals surface area contributed by atoms with Gasteiger partial charge in [-0.1, -0.05) is 12.1 Å². The van der Waals surface area contributed by atoms with E-state index in [1.165, 1.54) is 0 Å². The van der Waals surface area contributed by atoms with Crippen LogP contribution in [0.1, 0.15) is 12.0 Å². The zero-order valence-electron chi connectivity index (χ0n) is 10.1. The van der Waals surface area contributed by atoms with E-state index < -0.39 is 6.03 Å². The molecule has 5 heteroatoms. The summed E-state index contributed by atoms with van der Waals surface area (Å²) in [6, 6.07) is 7.13. The molecule has 0 heterocycles. The summed E-state index contributed by atoms with van der Waals surface area (Å²) in [5.74, 6) is 0.769. The van der Waals surface area contributed by atoms with Crippen molar-refractivity contribution in [2.75, 3.05) is 20.2 Å². The Morgan fingerprint density at radius 1 is 1.47 bits per heavy atom. The molecule has 17 heavy (non-hydrogen) atoms. The summed E-state index contributed by atoms with van der Waals surface area (Å²) in [6.07, 6.45) is 0.743. The summed E-state index contributed by atoms with van der Waals surface area (Å²) in [4.78, 5) is 12.8. The average Bonchev–Trinajstić information content (AvgIpc) is 2.34. The van der Waals surface area contributed by atoms with Gasteiger partial charge in [0.15, 0.2) is 0 Å². The highest BCUT2D eigenvalue weighted by Gasteiger charge is 2.09. The minimum Gasteiger partial charge on any atom is -0.497 e. The Kier molecular flexibility index (Phi) is 5.29. The van der Waals surface area contributed by atoms with E-state index in [0.717, 1.165) is 17.7 Å². The van der Waals surface area contributed by atoms with E-state index in [1.54, 1.807) is 12.0 Å². The summed E-state index contributed by atoms with van der Waals surface area (Å²) >= 11 is 0. The second kappa shape index (κ2) is 6.75. The lowest BCUT2D eigenvalue weighted by Gasteiger charge is -2.20. The third-order valence-electron chi connectivity index (χ3n) is 2.45. The van der Waals surface area contributed by atoms with Crippen molar-refractivity contribution < 1.29 is 9.53 Å². The molecule has 1 aromatic rings. The lowest BCUT2D eigenvalue weighted by Crippen LogP contribution is -2.36. The number of hydrogen-bond acceptors (Lipinski definition) is 3. The first-order valence-electron chi connectivity index (χ1n) is 5.54. The highest BCUT2D eigenvalue weighted by atomic mass is 16.5. The van der Waals surface area contributed by atoms with Gasteiger partial charge in [0, 0.05) is 13.1 Å². The van der Waals surface area contributed by atoms with Gasteiger partial charge in [0.05, 0.1) is 7.11 Å². The topological polar surface area (TPSA) is 81.6 Å². The van der Waals surface area contributed by atoms with Crippen LogP contribution in [0, 0.1) is 0 Å². The van der Waals surface area contributed by atoms with Crippen LogP contribution in [0.3, 0.4) is 0 Å². The molecule has 4 N–H and O–H groups in total. The predicted molar refractivity (Wildman–Crippen MR) is 66.7 cm³/mol. The van der Waals surface area contributed by atoms with Crippen LogP contribution in [0.5, 0.6) is 5.75 Å². The molecule has 1 aromatic carbocycles. The molecule has 0 aliphatic heterocycles. The predicted octanol–water partition coefficient (Wildman–Crippen LogP) is 0.925. The van der Waals surface area contributed by atoms with Gasteiger partial charge < -0.3 is 21.1 Å². The largest absolute Gasteiger partial charge is 0.497 e. The third kappa shape index (κ3) is 4.32. The number of nitrogens with zero attached hydrogens (tertiary/aromatic N) is 1. The maximum Gasteiger partial charge on any atom is 0.315 e. The van der Waals surface area contributed by atoms with E-state index in [0.29, 0.717) is 19.6 Å². The third-order valence-corrected chi connectivity index (χ3v) is 2.45. The second-order valence-corrected chi connectivity index (χ2v) is 3.75. The summed E-state index contributed by atoms with van der Waals surface area (Å²) < 4.78 is 5.12. The molecule has 0 unspecified atom stereocenters. The number of rotatable bonds is 6. The fourth-order valence-corrected chi connectivity index (χ4v) is 1.54. The first kappa shape index (κ1) is 13.3. The van der Waals surface area contributed by atoms with Gasteiger partial charge >= 0.3 is 6.03 Å². The zero-order valence-corrected chi connectivity index (χ0v) is 10.1. The van der Waals surface area contributed by atoms with E-state index >= 15 is 0 Å². The average molecular weight is 237 g/mol. The van der Waals surface area contributed by atoms with Crippen molar-refractivity contribution in [3.05, 3.63) is 29.8 Å². The summed E-state index contributed by atoms with van der Waals surface area (Å²) in [5, 5.41) is 0. The molecule has 0 atom stereocenters. The van der Waals surface area contributed by atoms with Gasteiger partial charge in [0.2, 0.25) is 0 Å². The van der Waals surface area contributed by atoms with Crippen molar-refractivity contribution in [3.63, 3.8) is 0 Å². The number of methoxy groups -OCH3 is 1. The van der Waals surface area contributed by atoms with E-state index in [1.807, 2.05) is 24.3 Å². The van der Waals surface area contributed by atoms with E-state index in [2.05, 4.69) is 0 Å². The van der Waals surface area contributed by atoms with Crippen molar-refractivity contribution in [3.8, 4) is 5.75 Å². The molecule has 1 rings (SSSR count). The minimum absolute atomic E-state index is 0.429. The smallest absolute Gasteiger partial charge is 0.315 e. The van der Waals surface area contributed by atoms with Crippen LogP contribution in [0.25, 0.3) is 0 Å². The van der Waals surface area contributed by atoms with Crippen molar-refractivity contribution in [1.82, 2.24) is 4.90 Å². The first-order chi connectivity index (χ1) is 8.17. The van der Waals surface area contributed by atoms with Crippen LogP contribution in [-0.2, 0) is 6.54 Å². The Labute approximate surface area is 101 Å². The van der Waals surface area contributed by atoms with Gasteiger partial charge in [-0.3, -0.25) is 0 Å². The molecule has 2 amide bonds. The summed E-state index contributed by atoms with van der Waals surface area (Å²) in [7, 11) is 1.61. The van der Waals surface area contributed by atoms with Gasteiger partial charge in [-0.15, -0.1) is 0 Å². The fraction of sp³-hybridized carbons (Fsp3) is 0.417. The Morgan fingerprint density at radius 3 is 2.82 bits per heavy atom. The van der Waals surface area contributed by atoms with E-state index in [4.69, 9.17) is 16.2 Å². The Balaban J connectivity index is 2.67. The van der Waals surface area contributed by atoms with Crippen LogP contribution in [0.4, 0.5) is 4.79 Å². The molecular weight excluding hydrogens is 218 g/mol. The standard InChI is InChI=1S/C12H19N3O2/c1-17-11-5-2-4-10(8-11)9-15(12(14)16)7-3-6-13/h2,4-5,8H,3,6-7,9,13H2,1H3,(H2,14,16). The lowest BCUT2D eigenvalue weighted by atomic mass is 10.2. The molecule has 94 valence electrons. The maximum atomic E-state index is 11.2. The summed E-state index contributed by atoms with van der Waals surface area (Å²) in [5.41, 5.74) is 11.7. The van der Waals surface area contributed by atoms with E-state index in [-0.39, 0.29) is 0 Å². The van der Waals surface area contributed by atoms with Crippen molar-refractivity contribution in [1.29, 1.82) is 0 Å². The van der Waals surface area contributed by atoms with Gasteiger partial charge in [-0.05, 0) is 30.7 Å². The molecule has 0 spiro atoms. The first-order valence-corrected chi connectivity index (χ1v) is 5.54. The molecule has 0 aliphatic rings. The van der Waals surface area contributed by atoms with Crippen molar-refractivity contribution in [2.45, 2.75) is 13.0 Å². The number of amides is 2. The number of carbonyl (C=O) groups excluding carboxylic acids is 1. The maximum absolute atomic E-state index is 11.2. The normalized spacial score (nSPS) is 10.0. The SMILES string of the molecule is COc1cccc(CN(CCCN)C(N)=O)c1. The van der Waals surface area contributed by atoms with Gasteiger partial charge in [0.1, 0.15) is 5.75 Å². The number of hydrogen-bond donors (Lipinski definition) is 2. The van der Waals surface area contributed by atoms with Crippen molar-refractivity contribution >= 4 is 6.03 Å². The molecule has 0 saturated carbocycles. The Morgan fingerprint density at radius 2 is 2.24 bits per heavy atom. The monoisotopic (exact) mass is 237 g/mol. The molecule has 0 saturated heterocycles. The summed E-state index contributed by atoms with van der Waals surface area (Å²) in [6.45, 7) is 1.59. The number of carbonyl (C=O) groups is 1. The van der Waals surface area contributed by atoms with Gasteiger partial charge in [0.25, 0.3) is 0 Å². The van der Waals surface area contributed by atoms with Crippen molar-refractivity contribution in [2.24, 2.45) is 11.5 Å². The molecule has 0 aromatic heterocycles. The molecule has 0 radical (unpaired) electrons. The highest BCUT2D eigenvalue weighted by Crippen LogP contribution is 2.14.